The third-order valence-corrected chi connectivity index (χ3v) is 5.23. The maximum absolute atomic E-state index is 12.2. The number of amides is 1. The van der Waals surface area contributed by atoms with E-state index < -0.39 is 0 Å². The Kier molecular flexibility index (Phi) is 5.09. The number of carbonyl (C=O) groups is 1. The van der Waals surface area contributed by atoms with E-state index in [9.17, 15) is 4.79 Å². The van der Waals surface area contributed by atoms with E-state index in [4.69, 9.17) is 0 Å². The monoisotopic (exact) mass is 304 g/mol. The molecule has 1 aromatic rings. The molecule has 21 heavy (non-hydrogen) atoms. The third kappa shape index (κ3) is 4.17. The predicted octanol–water partition coefficient (Wildman–Crippen LogP) is 3.10. The van der Waals surface area contributed by atoms with E-state index in [0.29, 0.717) is 5.92 Å². The molecule has 0 radical (unpaired) electrons. The summed E-state index contributed by atoms with van der Waals surface area (Å²) in [7, 11) is 0. The van der Waals surface area contributed by atoms with E-state index in [0.717, 1.165) is 25.1 Å². The maximum Gasteiger partial charge on any atom is 0.246 e. The third-order valence-electron chi connectivity index (χ3n) is 4.52. The average Bonchev–Trinajstić information content (AvgIpc) is 3.17. The molecule has 2 fully saturated rings. The number of hydrogen-bond acceptors (Lipinski definition) is 3. The van der Waals surface area contributed by atoms with Gasteiger partial charge in [0.05, 0.1) is 0 Å². The zero-order valence-electron chi connectivity index (χ0n) is 12.5. The van der Waals surface area contributed by atoms with Crippen molar-refractivity contribution >= 4 is 23.3 Å². The van der Waals surface area contributed by atoms with Crippen molar-refractivity contribution in [1.29, 1.82) is 0 Å². The molecule has 0 bridgehead atoms. The van der Waals surface area contributed by atoms with Crippen molar-refractivity contribution < 1.29 is 4.79 Å². The fourth-order valence-corrected chi connectivity index (χ4v) is 3.96. The Morgan fingerprint density at radius 3 is 2.90 bits per heavy atom. The van der Waals surface area contributed by atoms with Gasteiger partial charge in [-0.1, -0.05) is 6.42 Å². The van der Waals surface area contributed by atoms with Gasteiger partial charge in [-0.15, -0.1) is 0 Å². The van der Waals surface area contributed by atoms with E-state index in [1.54, 1.807) is 17.4 Å². The lowest BCUT2D eigenvalue weighted by molar-refractivity contribution is -0.125. The zero-order valence-corrected chi connectivity index (χ0v) is 13.4. The van der Waals surface area contributed by atoms with Crippen LogP contribution in [0.25, 0.3) is 6.08 Å². The second-order valence-electron chi connectivity index (χ2n) is 6.19. The van der Waals surface area contributed by atoms with E-state index in [1.807, 2.05) is 22.4 Å². The van der Waals surface area contributed by atoms with Crippen molar-refractivity contribution in [3.8, 4) is 0 Å². The summed E-state index contributed by atoms with van der Waals surface area (Å²) in [5, 5.41) is 4.10. The summed E-state index contributed by atoms with van der Waals surface area (Å²) in [5.41, 5.74) is 1.12. The first-order valence-corrected chi connectivity index (χ1v) is 8.97. The van der Waals surface area contributed by atoms with Gasteiger partial charge in [0, 0.05) is 25.7 Å². The molecular weight excluding hydrogens is 280 g/mol. The van der Waals surface area contributed by atoms with Crippen LogP contribution in [0.5, 0.6) is 0 Å². The van der Waals surface area contributed by atoms with Gasteiger partial charge in [0.15, 0.2) is 0 Å². The average molecular weight is 304 g/mol. The molecule has 4 heteroatoms. The van der Waals surface area contributed by atoms with E-state index in [1.165, 1.54) is 38.9 Å². The Morgan fingerprint density at radius 1 is 1.29 bits per heavy atom. The van der Waals surface area contributed by atoms with Gasteiger partial charge < -0.3 is 9.80 Å². The fourth-order valence-electron chi connectivity index (χ4n) is 3.33. The molecule has 3 nitrogen and oxygen atoms in total. The number of hydrogen-bond donors (Lipinski definition) is 0. The zero-order chi connectivity index (χ0) is 14.5. The molecule has 0 aliphatic carbocycles. The van der Waals surface area contributed by atoms with Gasteiger partial charge >= 0.3 is 0 Å². The van der Waals surface area contributed by atoms with Crippen LogP contribution in [-0.2, 0) is 4.79 Å². The quantitative estimate of drug-likeness (QED) is 0.798. The lowest BCUT2D eigenvalue weighted by Crippen LogP contribution is -2.35. The highest BCUT2D eigenvalue weighted by Crippen LogP contribution is 2.20. The topological polar surface area (TPSA) is 23.6 Å². The first-order chi connectivity index (χ1) is 10.3. The van der Waals surface area contributed by atoms with Crippen LogP contribution in [0.3, 0.4) is 0 Å². The minimum absolute atomic E-state index is 0.169. The van der Waals surface area contributed by atoms with Crippen molar-refractivity contribution in [2.75, 3.05) is 32.7 Å². The van der Waals surface area contributed by atoms with Gasteiger partial charge in [0.2, 0.25) is 5.91 Å². The normalized spacial score (nSPS) is 24.0. The van der Waals surface area contributed by atoms with Crippen molar-refractivity contribution in [2.24, 2.45) is 5.92 Å². The van der Waals surface area contributed by atoms with Crippen LogP contribution in [-0.4, -0.2) is 48.4 Å². The predicted molar refractivity (Wildman–Crippen MR) is 88.3 cm³/mol. The van der Waals surface area contributed by atoms with Crippen LogP contribution in [0.1, 0.15) is 31.2 Å². The lowest BCUT2D eigenvalue weighted by Gasteiger charge is -2.28. The minimum Gasteiger partial charge on any atom is -0.339 e. The first kappa shape index (κ1) is 14.8. The van der Waals surface area contributed by atoms with Gasteiger partial charge in [0.25, 0.3) is 0 Å². The number of rotatable bonds is 4. The Hall–Kier alpha value is -1.13. The molecule has 2 aliphatic rings. The highest BCUT2D eigenvalue weighted by Gasteiger charge is 2.26. The van der Waals surface area contributed by atoms with Gasteiger partial charge in [-0.25, -0.2) is 0 Å². The summed E-state index contributed by atoms with van der Waals surface area (Å²) in [4.78, 5) is 16.8. The molecule has 0 aromatic carbocycles. The molecule has 1 amide bonds. The summed E-state index contributed by atoms with van der Waals surface area (Å²) in [6, 6.07) is 2.04. The van der Waals surface area contributed by atoms with E-state index in [2.05, 4.69) is 10.3 Å². The van der Waals surface area contributed by atoms with Crippen molar-refractivity contribution in [3.63, 3.8) is 0 Å². The number of thiophene rings is 1. The summed E-state index contributed by atoms with van der Waals surface area (Å²) in [5.74, 6) is 0.837. The van der Waals surface area contributed by atoms with Gasteiger partial charge in [-0.2, -0.15) is 11.3 Å². The molecule has 2 saturated heterocycles. The minimum atomic E-state index is 0.169. The first-order valence-electron chi connectivity index (χ1n) is 8.03. The van der Waals surface area contributed by atoms with Crippen LogP contribution in [0.15, 0.2) is 22.9 Å². The molecule has 3 rings (SSSR count). The van der Waals surface area contributed by atoms with Gasteiger partial charge in [0.1, 0.15) is 0 Å². The van der Waals surface area contributed by atoms with Crippen molar-refractivity contribution in [3.05, 3.63) is 28.5 Å². The fraction of sp³-hybridized carbons (Fsp3) is 0.588. The highest BCUT2D eigenvalue weighted by molar-refractivity contribution is 7.08. The summed E-state index contributed by atoms with van der Waals surface area (Å²) < 4.78 is 0. The second kappa shape index (κ2) is 7.23. The molecule has 0 spiro atoms. The number of carbonyl (C=O) groups excluding carboxylic acids is 1. The van der Waals surface area contributed by atoms with Gasteiger partial charge in [-0.05, 0) is 66.7 Å². The lowest BCUT2D eigenvalue weighted by atomic mass is 10.1. The van der Waals surface area contributed by atoms with Crippen molar-refractivity contribution in [2.45, 2.75) is 25.7 Å². The van der Waals surface area contributed by atoms with E-state index >= 15 is 0 Å². The Morgan fingerprint density at radius 2 is 2.14 bits per heavy atom. The Labute approximate surface area is 131 Å². The molecule has 114 valence electrons. The molecule has 1 atom stereocenters. The second-order valence-corrected chi connectivity index (χ2v) is 6.97. The van der Waals surface area contributed by atoms with Crippen LogP contribution >= 0.6 is 11.3 Å². The van der Waals surface area contributed by atoms with Crippen LogP contribution in [0.4, 0.5) is 0 Å². The number of likely N-dealkylation sites (tertiary alicyclic amines) is 2. The molecule has 0 N–H and O–H groups in total. The van der Waals surface area contributed by atoms with Crippen LogP contribution < -0.4 is 0 Å². The molecule has 0 saturated carbocycles. The summed E-state index contributed by atoms with van der Waals surface area (Å²) in [6.45, 7) is 5.54. The van der Waals surface area contributed by atoms with Crippen molar-refractivity contribution in [1.82, 2.24) is 9.80 Å². The van der Waals surface area contributed by atoms with Crippen LogP contribution in [0.2, 0.25) is 0 Å². The molecule has 1 aromatic heterocycles. The van der Waals surface area contributed by atoms with E-state index in [-0.39, 0.29) is 5.91 Å². The summed E-state index contributed by atoms with van der Waals surface area (Å²) >= 11 is 1.66. The molecule has 3 heterocycles. The number of piperidine rings is 1. The largest absolute Gasteiger partial charge is 0.339 e. The SMILES string of the molecule is O=C(C=Cc1ccsc1)N1CCC(CN2CCCCC2)C1. The number of nitrogens with zero attached hydrogens (tertiary/aromatic N) is 2. The maximum atomic E-state index is 12.2. The molecular formula is C17H24N2OS. The van der Waals surface area contributed by atoms with Crippen LogP contribution in [0, 0.1) is 5.92 Å². The van der Waals surface area contributed by atoms with Gasteiger partial charge in [-0.3, -0.25) is 4.79 Å². The standard InChI is InChI=1S/C17H24N2OS/c20-17(5-4-15-7-11-21-14-15)19-10-6-16(13-19)12-18-8-2-1-3-9-18/h4-5,7,11,14,16H,1-3,6,8-10,12-13H2. The molecule has 1 unspecified atom stereocenters. The Balaban J connectivity index is 1.46. The molecule has 2 aliphatic heterocycles. The highest BCUT2D eigenvalue weighted by atomic mass is 32.1. The summed E-state index contributed by atoms with van der Waals surface area (Å²) in [6.07, 6.45) is 8.90. The smallest absolute Gasteiger partial charge is 0.246 e. The Bertz CT molecular complexity index is 477.